The van der Waals surface area contributed by atoms with Gasteiger partial charge in [-0.15, -0.1) is 0 Å². The number of carbonyl (C=O) groups is 1. The minimum Gasteiger partial charge on any atom is -0.366 e. The van der Waals surface area contributed by atoms with Crippen LogP contribution in [0.3, 0.4) is 0 Å². The predicted octanol–water partition coefficient (Wildman–Crippen LogP) is 4.53. The smallest absolute Gasteiger partial charge is 0.139 e. The van der Waals surface area contributed by atoms with Crippen molar-refractivity contribution in [2.75, 3.05) is 0 Å². The maximum atomic E-state index is 12.9. The summed E-state index contributed by atoms with van der Waals surface area (Å²) in [5, 5.41) is 8.93. The summed E-state index contributed by atoms with van der Waals surface area (Å²) < 4.78 is 5.90. The number of ether oxygens (including phenoxy) is 1. The third kappa shape index (κ3) is 3.09. The highest BCUT2D eigenvalue weighted by Crippen LogP contribution is 2.60. The second-order valence-corrected chi connectivity index (χ2v) is 9.26. The monoisotopic (exact) mass is 336 g/mol. The maximum Gasteiger partial charge on any atom is 0.139 e. The van der Waals surface area contributed by atoms with Crippen molar-refractivity contribution in [3.05, 3.63) is 12.2 Å². The van der Waals surface area contributed by atoms with Crippen LogP contribution < -0.4 is 0 Å². The number of carbonyl (C=O) groups excluding carboxylic acids is 1. The fraction of sp³-hybridized carbons (Fsp3) is 0.850. The summed E-state index contributed by atoms with van der Waals surface area (Å²) in [7, 11) is 0. The Morgan fingerprint density at radius 1 is 1.42 bits per heavy atom. The Morgan fingerprint density at radius 2 is 2.12 bits per heavy atom. The number of allylic oxidation sites excluding steroid dienone is 1. The number of hydrogen-bond donors (Lipinski definition) is 1. The van der Waals surface area contributed by atoms with Gasteiger partial charge in [0, 0.05) is 11.8 Å². The van der Waals surface area contributed by atoms with Crippen LogP contribution in [0.2, 0.25) is 0 Å². The summed E-state index contributed by atoms with van der Waals surface area (Å²) in [6.07, 6.45) is 6.49. The van der Waals surface area contributed by atoms with Crippen molar-refractivity contribution >= 4 is 5.78 Å². The van der Waals surface area contributed by atoms with Crippen molar-refractivity contribution in [2.45, 2.75) is 89.9 Å². The minimum atomic E-state index is -0.667. The quantitative estimate of drug-likeness (QED) is 0.347. The molecular weight excluding hydrogens is 304 g/mol. The highest BCUT2D eigenvalue weighted by Gasteiger charge is 2.59. The molecule has 136 valence electrons. The molecule has 2 aliphatic carbocycles. The molecule has 24 heavy (non-hydrogen) atoms. The van der Waals surface area contributed by atoms with Gasteiger partial charge in [-0.3, -0.25) is 10.1 Å². The van der Waals surface area contributed by atoms with E-state index in [4.69, 9.17) is 9.99 Å². The van der Waals surface area contributed by atoms with Gasteiger partial charge in [-0.05, 0) is 71.1 Å². The zero-order valence-corrected chi connectivity index (χ0v) is 15.6. The fourth-order valence-corrected chi connectivity index (χ4v) is 4.87. The van der Waals surface area contributed by atoms with E-state index in [0.29, 0.717) is 36.6 Å². The van der Waals surface area contributed by atoms with E-state index >= 15 is 0 Å². The molecule has 0 aromatic rings. The molecule has 0 radical (unpaired) electrons. The van der Waals surface area contributed by atoms with Gasteiger partial charge in [-0.25, -0.2) is 4.89 Å². The molecule has 0 amide bonds. The van der Waals surface area contributed by atoms with Crippen molar-refractivity contribution in [1.82, 2.24) is 0 Å². The molecule has 3 rings (SSSR count). The highest BCUT2D eigenvalue weighted by molar-refractivity contribution is 5.86. The molecule has 3 aliphatic rings. The van der Waals surface area contributed by atoms with E-state index < -0.39 is 5.60 Å². The van der Waals surface area contributed by atoms with Crippen LogP contribution in [0.4, 0.5) is 0 Å². The third-order valence-corrected chi connectivity index (χ3v) is 7.03. The topological polar surface area (TPSA) is 59.1 Å². The Balaban J connectivity index is 1.68. The number of fused-ring (bicyclic) bond motifs is 2. The summed E-state index contributed by atoms with van der Waals surface area (Å²) in [4.78, 5) is 17.4. The van der Waals surface area contributed by atoms with Crippen molar-refractivity contribution in [1.29, 1.82) is 0 Å². The van der Waals surface area contributed by atoms with Crippen LogP contribution in [-0.2, 0) is 14.4 Å². The lowest BCUT2D eigenvalue weighted by Crippen LogP contribution is -2.52. The average molecular weight is 336 g/mol. The molecule has 1 aliphatic heterocycles. The molecule has 0 aromatic carbocycles. The van der Waals surface area contributed by atoms with Gasteiger partial charge in [0.05, 0.1) is 17.3 Å². The molecule has 1 heterocycles. The summed E-state index contributed by atoms with van der Waals surface area (Å²) in [5.74, 6) is 1.18. The Bertz CT molecular complexity index is 540. The lowest BCUT2D eigenvalue weighted by atomic mass is 9.49. The van der Waals surface area contributed by atoms with Crippen LogP contribution in [-0.4, -0.2) is 28.3 Å². The van der Waals surface area contributed by atoms with Crippen LogP contribution in [0.25, 0.3) is 0 Å². The summed E-state index contributed by atoms with van der Waals surface area (Å²) in [6, 6.07) is 0. The largest absolute Gasteiger partial charge is 0.366 e. The average Bonchev–Trinajstić information content (AvgIpc) is 3.16. The van der Waals surface area contributed by atoms with E-state index in [1.165, 1.54) is 5.57 Å². The first kappa shape index (κ1) is 18.1. The summed E-state index contributed by atoms with van der Waals surface area (Å²) in [6.45, 7) is 12.3. The summed E-state index contributed by atoms with van der Waals surface area (Å²) in [5.41, 5.74) is 0.412. The molecule has 0 aromatic heterocycles. The minimum absolute atomic E-state index is 0.0292. The third-order valence-electron chi connectivity index (χ3n) is 7.03. The normalized spacial score (nSPS) is 42.0. The first-order valence-electron chi connectivity index (χ1n) is 9.33. The zero-order valence-electron chi connectivity index (χ0n) is 15.6. The Kier molecular flexibility index (Phi) is 4.47. The highest BCUT2D eigenvalue weighted by atomic mass is 17.1. The number of Topliss-reactive ketones (excluding diaryl/α,β-unsaturated/α-hetero) is 1. The van der Waals surface area contributed by atoms with Crippen LogP contribution in [0.15, 0.2) is 12.2 Å². The van der Waals surface area contributed by atoms with Crippen molar-refractivity contribution in [2.24, 2.45) is 17.3 Å². The van der Waals surface area contributed by atoms with Gasteiger partial charge in [-0.2, -0.15) is 0 Å². The first-order chi connectivity index (χ1) is 11.1. The second kappa shape index (κ2) is 5.93. The Morgan fingerprint density at radius 3 is 2.79 bits per heavy atom. The van der Waals surface area contributed by atoms with Crippen molar-refractivity contribution in [3.8, 4) is 0 Å². The lowest BCUT2D eigenvalue weighted by Gasteiger charge is -2.54. The second-order valence-electron chi connectivity index (χ2n) is 9.26. The molecule has 4 heteroatoms. The van der Waals surface area contributed by atoms with E-state index in [-0.39, 0.29) is 11.0 Å². The van der Waals surface area contributed by atoms with Crippen LogP contribution in [0.1, 0.15) is 72.6 Å². The van der Waals surface area contributed by atoms with Gasteiger partial charge in [-0.1, -0.05) is 19.1 Å². The van der Waals surface area contributed by atoms with Gasteiger partial charge >= 0.3 is 0 Å². The molecular formula is C20H32O4. The van der Waals surface area contributed by atoms with Gasteiger partial charge in [0.1, 0.15) is 5.78 Å². The van der Waals surface area contributed by atoms with Gasteiger partial charge in [0.25, 0.3) is 0 Å². The summed E-state index contributed by atoms with van der Waals surface area (Å²) >= 11 is 0. The van der Waals surface area contributed by atoms with E-state index in [1.54, 1.807) is 13.8 Å². The SMILES string of the molecule is C=C1CC[C@@H]2O[C@]2(C)CC[C@@H]2[C@@H]1C[C@]2(C)C(=O)CCC(C)(C)OO. The molecule has 0 unspecified atom stereocenters. The van der Waals surface area contributed by atoms with E-state index in [0.717, 1.165) is 32.1 Å². The van der Waals surface area contributed by atoms with Crippen molar-refractivity contribution < 1.29 is 19.7 Å². The Hall–Kier alpha value is -0.710. The molecule has 0 spiro atoms. The number of ketones is 1. The molecule has 0 bridgehead atoms. The number of epoxide rings is 1. The number of rotatable bonds is 5. The molecule has 5 atom stereocenters. The number of hydrogen-bond acceptors (Lipinski definition) is 4. The molecule has 4 nitrogen and oxygen atoms in total. The zero-order chi connectivity index (χ0) is 17.8. The molecule has 1 N–H and O–H groups in total. The fourth-order valence-electron chi connectivity index (χ4n) is 4.87. The molecule has 1 saturated heterocycles. The lowest BCUT2D eigenvalue weighted by molar-refractivity contribution is -0.314. The van der Waals surface area contributed by atoms with E-state index in [9.17, 15) is 4.79 Å². The van der Waals surface area contributed by atoms with E-state index in [1.807, 2.05) is 0 Å². The Labute approximate surface area is 145 Å². The van der Waals surface area contributed by atoms with Crippen LogP contribution in [0, 0.1) is 17.3 Å². The first-order valence-corrected chi connectivity index (χ1v) is 9.33. The van der Waals surface area contributed by atoms with Crippen LogP contribution in [0.5, 0.6) is 0 Å². The van der Waals surface area contributed by atoms with E-state index in [2.05, 4.69) is 25.3 Å². The predicted molar refractivity (Wildman–Crippen MR) is 92.6 cm³/mol. The maximum absolute atomic E-state index is 12.9. The standard InChI is InChI=1S/C20H32O4/c1-13-6-7-17-20(5,23-17)11-8-15-14(13)12-19(15,4)16(21)9-10-18(2,3)24-22/h14-15,17,22H,1,6-12H2,2-5H3/t14-,15-,17+,19+,20-/m1/s1. The van der Waals surface area contributed by atoms with Gasteiger partial charge < -0.3 is 4.74 Å². The van der Waals surface area contributed by atoms with Gasteiger partial charge in [0.2, 0.25) is 0 Å². The van der Waals surface area contributed by atoms with Crippen molar-refractivity contribution in [3.63, 3.8) is 0 Å². The molecule has 2 saturated carbocycles. The molecule has 3 fully saturated rings. The van der Waals surface area contributed by atoms with Gasteiger partial charge in [0.15, 0.2) is 0 Å². The van der Waals surface area contributed by atoms with Crippen LogP contribution >= 0.6 is 0 Å².